The van der Waals surface area contributed by atoms with E-state index in [-0.39, 0.29) is 5.75 Å². The van der Waals surface area contributed by atoms with Gasteiger partial charge in [-0.2, -0.15) is 0 Å². The minimum absolute atomic E-state index is 0.258. The van der Waals surface area contributed by atoms with Crippen molar-refractivity contribution >= 4 is 17.8 Å². The molecule has 0 radical (unpaired) electrons. The van der Waals surface area contributed by atoms with Crippen LogP contribution in [0.3, 0.4) is 0 Å². The van der Waals surface area contributed by atoms with Crippen LogP contribution >= 0.6 is 0 Å². The molecular formula is C17H18N2O6. The fraction of sp³-hybridized carbons (Fsp3) is 0.176. The van der Waals surface area contributed by atoms with Crippen LogP contribution in [0, 0.1) is 0 Å². The number of nitrogens with one attached hydrogen (secondary N) is 2. The fourth-order valence-electron chi connectivity index (χ4n) is 2.07. The third kappa shape index (κ3) is 4.54. The molecule has 25 heavy (non-hydrogen) atoms. The van der Waals surface area contributed by atoms with Crippen LogP contribution in [0.2, 0.25) is 0 Å². The summed E-state index contributed by atoms with van der Waals surface area (Å²) < 4.78 is 20.6. The molecule has 0 saturated heterocycles. The van der Waals surface area contributed by atoms with E-state index < -0.39 is 12.1 Å². The molecule has 8 heteroatoms. The first-order chi connectivity index (χ1) is 12.1. The van der Waals surface area contributed by atoms with Crippen LogP contribution < -0.4 is 29.6 Å². The molecule has 0 unspecified atom stereocenters. The molecule has 0 aromatic heterocycles. The van der Waals surface area contributed by atoms with Crippen LogP contribution in [0.4, 0.5) is 15.3 Å². The summed E-state index contributed by atoms with van der Waals surface area (Å²) in [5.41, 5.74) is 0.296. The Morgan fingerprint density at radius 3 is 2.12 bits per heavy atom. The molecule has 0 atom stereocenters. The molecule has 2 aromatic carbocycles. The Hall–Kier alpha value is -3.42. The standard InChI is InChI=1S/C17H18N2O6/c1-22-13-10-9-12(14(23-2)15(13)24-3)18-16(20)19-17(21)25-11-7-5-4-6-8-11/h4-10H,1-3H3,(H2,18,19,20,21). The van der Waals surface area contributed by atoms with Crippen LogP contribution in [-0.2, 0) is 0 Å². The predicted octanol–water partition coefficient (Wildman–Crippen LogP) is 3.03. The van der Waals surface area contributed by atoms with Crippen molar-refractivity contribution in [3.05, 3.63) is 42.5 Å². The molecule has 2 rings (SSSR count). The molecule has 2 N–H and O–H groups in total. The summed E-state index contributed by atoms with van der Waals surface area (Å²) in [6.45, 7) is 0. The van der Waals surface area contributed by atoms with Gasteiger partial charge < -0.3 is 24.3 Å². The van der Waals surface area contributed by atoms with Crippen LogP contribution in [0.5, 0.6) is 23.0 Å². The van der Waals surface area contributed by atoms with E-state index in [1.54, 1.807) is 42.5 Å². The number of hydrogen-bond donors (Lipinski definition) is 2. The third-order valence-electron chi connectivity index (χ3n) is 3.12. The number of carbonyl (C=O) groups is 2. The Balaban J connectivity index is 2.06. The van der Waals surface area contributed by atoms with E-state index in [1.807, 2.05) is 0 Å². The molecule has 2 aromatic rings. The molecule has 0 spiro atoms. The van der Waals surface area contributed by atoms with E-state index in [2.05, 4.69) is 10.6 Å². The Kier molecular flexibility index (Phi) is 6.05. The van der Waals surface area contributed by atoms with E-state index in [4.69, 9.17) is 18.9 Å². The van der Waals surface area contributed by atoms with E-state index in [1.165, 1.54) is 21.3 Å². The van der Waals surface area contributed by atoms with Crippen molar-refractivity contribution in [3.8, 4) is 23.0 Å². The first-order valence-electron chi connectivity index (χ1n) is 7.22. The first kappa shape index (κ1) is 17.9. The van der Waals surface area contributed by atoms with Crippen LogP contribution in [0.15, 0.2) is 42.5 Å². The Labute approximate surface area is 144 Å². The molecule has 0 aliphatic carbocycles. The van der Waals surface area contributed by atoms with Gasteiger partial charge in [0.25, 0.3) is 0 Å². The number of ether oxygens (including phenoxy) is 4. The van der Waals surface area contributed by atoms with E-state index >= 15 is 0 Å². The Bertz CT molecular complexity index is 748. The zero-order valence-electron chi connectivity index (χ0n) is 14.0. The maximum Gasteiger partial charge on any atom is 0.420 e. The van der Waals surface area contributed by atoms with E-state index in [0.29, 0.717) is 22.9 Å². The first-order valence-corrected chi connectivity index (χ1v) is 7.22. The number of imide groups is 1. The second-order valence-corrected chi connectivity index (χ2v) is 4.66. The van der Waals surface area contributed by atoms with E-state index in [9.17, 15) is 9.59 Å². The summed E-state index contributed by atoms with van der Waals surface area (Å²) in [6, 6.07) is 10.7. The lowest BCUT2D eigenvalue weighted by molar-refractivity contribution is 0.199. The number of methoxy groups -OCH3 is 3. The molecule has 0 heterocycles. The maximum atomic E-state index is 12.0. The van der Waals surface area contributed by atoms with Gasteiger partial charge in [-0.1, -0.05) is 18.2 Å². The largest absolute Gasteiger partial charge is 0.493 e. The molecule has 8 nitrogen and oxygen atoms in total. The number of hydrogen-bond acceptors (Lipinski definition) is 6. The number of urea groups is 1. The summed E-state index contributed by atoms with van der Waals surface area (Å²) in [5.74, 6) is 1.33. The van der Waals surface area contributed by atoms with Gasteiger partial charge in [-0.15, -0.1) is 0 Å². The van der Waals surface area contributed by atoms with Gasteiger partial charge in [-0.3, -0.25) is 0 Å². The summed E-state index contributed by atoms with van der Waals surface area (Å²) >= 11 is 0. The Morgan fingerprint density at radius 1 is 0.840 bits per heavy atom. The highest BCUT2D eigenvalue weighted by atomic mass is 16.6. The lowest BCUT2D eigenvalue weighted by Gasteiger charge is -2.16. The lowest BCUT2D eigenvalue weighted by Crippen LogP contribution is -2.36. The maximum absolute atomic E-state index is 12.0. The summed E-state index contributed by atoms with van der Waals surface area (Å²) in [4.78, 5) is 23.7. The normalized spacial score (nSPS) is 9.72. The number of amides is 3. The molecule has 0 aliphatic rings. The average Bonchev–Trinajstić information content (AvgIpc) is 2.61. The number of para-hydroxylation sites is 1. The molecular weight excluding hydrogens is 328 g/mol. The van der Waals surface area contributed by atoms with Gasteiger partial charge >= 0.3 is 12.1 Å². The predicted molar refractivity (Wildman–Crippen MR) is 90.7 cm³/mol. The summed E-state index contributed by atoms with van der Waals surface area (Å²) in [5, 5.41) is 4.55. The van der Waals surface area contributed by atoms with Gasteiger partial charge in [-0.05, 0) is 24.3 Å². The van der Waals surface area contributed by atoms with Crippen LogP contribution in [-0.4, -0.2) is 33.5 Å². The van der Waals surface area contributed by atoms with Crippen molar-refractivity contribution in [1.29, 1.82) is 0 Å². The van der Waals surface area contributed by atoms with Crippen molar-refractivity contribution in [3.63, 3.8) is 0 Å². The zero-order valence-corrected chi connectivity index (χ0v) is 14.0. The second kappa shape index (κ2) is 8.44. The number of benzene rings is 2. The second-order valence-electron chi connectivity index (χ2n) is 4.66. The zero-order chi connectivity index (χ0) is 18.2. The minimum Gasteiger partial charge on any atom is -0.493 e. The molecule has 132 valence electrons. The average molecular weight is 346 g/mol. The topological polar surface area (TPSA) is 95.1 Å². The number of carbonyl (C=O) groups excluding carboxylic acids is 2. The molecule has 0 aliphatic heterocycles. The lowest BCUT2D eigenvalue weighted by atomic mass is 10.2. The van der Waals surface area contributed by atoms with Crippen molar-refractivity contribution in [2.24, 2.45) is 0 Å². The van der Waals surface area contributed by atoms with Gasteiger partial charge in [0.1, 0.15) is 5.75 Å². The van der Waals surface area contributed by atoms with Crippen molar-refractivity contribution in [1.82, 2.24) is 5.32 Å². The third-order valence-corrected chi connectivity index (χ3v) is 3.12. The quantitative estimate of drug-likeness (QED) is 0.864. The monoisotopic (exact) mass is 346 g/mol. The van der Waals surface area contributed by atoms with Gasteiger partial charge in [-0.25, -0.2) is 14.9 Å². The Morgan fingerprint density at radius 2 is 1.52 bits per heavy atom. The van der Waals surface area contributed by atoms with Crippen LogP contribution in [0.25, 0.3) is 0 Å². The number of rotatable bonds is 5. The summed E-state index contributed by atoms with van der Waals surface area (Å²) in [6.07, 6.45) is -0.914. The fourth-order valence-corrected chi connectivity index (χ4v) is 2.07. The molecule has 0 saturated carbocycles. The summed E-state index contributed by atoms with van der Waals surface area (Å²) in [7, 11) is 4.35. The van der Waals surface area contributed by atoms with E-state index in [0.717, 1.165) is 0 Å². The smallest absolute Gasteiger partial charge is 0.420 e. The number of anilines is 1. The highest BCUT2D eigenvalue weighted by molar-refractivity contribution is 6.00. The highest BCUT2D eigenvalue weighted by Crippen LogP contribution is 2.42. The van der Waals surface area contributed by atoms with Crippen molar-refractivity contribution < 1.29 is 28.5 Å². The van der Waals surface area contributed by atoms with Gasteiger partial charge in [0.15, 0.2) is 11.5 Å². The molecule has 0 bridgehead atoms. The van der Waals surface area contributed by atoms with Crippen LogP contribution in [0.1, 0.15) is 0 Å². The van der Waals surface area contributed by atoms with Crippen molar-refractivity contribution in [2.45, 2.75) is 0 Å². The van der Waals surface area contributed by atoms with Gasteiger partial charge in [0, 0.05) is 0 Å². The van der Waals surface area contributed by atoms with Gasteiger partial charge in [0.05, 0.1) is 27.0 Å². The highest BCUT2D eigenvalue weighted by Gasteiger charge is 2.18. The van der Waals surface area contributed by atoms with Gasteiger partial charge in [0.2, 0.25) is 5.75 Å². The van der Waals surface area contributed by atoms with Crippen molar-refractivity contribution in [2.75, 3.05) is 26.6 Å². The molecule has 3 amide bonds. The molecule has 0 fully saturated rings. The SMILES string of the molecule is COc1ccc(NC(=O)NC(=O)Oc2ccccc2)c(OC)c1OC. The minimum atomic E-state index is -0.914.